The van der Waals surface area contributed by atoms with Crippen LogP contribution in [0.4, 0.5) is 0 Å². The summed E-state index contributed by atoms with van der Waals surface area (Å²) in [4.78, 5) is 4.72. The standard InChI is InChI=1S/C22H48N2O2/c1-10-14-21(4,5)25-18-13-12-16-24(9)17-15-22(6,7)26-20(3)19-23(8)11-2/h20H,10-19H2,1-9H3/t20-/m1/s1. The van der Waals surface area contributed by atoms with Crippen LogP contribution in [-0.2, 0) is 9.47 Å². The van der Waals surface area contributed by atoms with Gasteiger partial charge in [-0.1, -0.05) is 20.3 Å². The fraction of sp³-hybridized carbons (Fsp3) is 1.00. The van der Waals surface area contributed by atoms with E-state index in [1.807, 2.05) is 0 Å². The van der Waals surface area contributed by atoms with Crippen LogP contribution in [0.2, 0.25) is 0 Å². The molecular formula is C22H48N2O2. The number of hydrogen-bond acceptors (Lipinski definition) is 4. The molecular weight excluding hydrogens is 324 g/mol. The Morgan fingerprint density at radius 1 is 0.846 bits per heavy atom. The van der Waals surface area contributed by atoms with E-state index in [0.29, 0.717) is 0 Å². The first-order chi connectivity index (χ1) is 12.0. The molecule has 0 spiro atoms. The Balaban J connectivity index is 3.90. The van der Waals surface area contributed by atoms with Gasteiger partial charge >= 0.3 is 0 Å². The topological polar surface area (TPSA) is 24.9 Å². The zero-order chi connectivity index (χ0) is 20.2. The van der Waals surface area contributed by atoms with Crippen molar-refractivity contribution in [2.24, 2.45) is 0 Å². The molecule has 0 radical (unpaired) electrons. The molecule has 0 aliphatic heterocycles. The summed E-state index contributed by atoms with van der Waals surface area (Å²) in [5.74, 6) is 0. The lowest BCUT2D eigenvalue weighted by Gasteiger charge is -2.32. The van der Waals surface area contributed by atoms with Gasteiger partial charge in [-0.15, -0.1) is 0 Å². The molecule has 0 rings (SSSR count). The third-order valence-electron chi connectivity index (χ3n) is 5.00. The van der Waals surface area contributed by atoms with E-state index in [0.717, 1.165) is 52.0 Å². The van der Waals surface area contributed by atoms with Crippen LogP contribution in [0, 0.1) is 0 Å². The summed E-state index contributed by atoms with van der Waals surface area (Å²) < 4.78 is 12.3. The molecule has 0 heterocycles. The van der Waals surface area contributed by atoms with Crippen molar-refractivity contribution in [2.75, 3.05) is 46.9 Å². The van der Waals surface area contributed by atoms with E-state index in [2.05, 4.69) is 72.4 Å². The van der Waals surface area contributed by atoms with Crippen molar-refractivity contribution in [3.05, 3.63) is 0 Å². The fourth-order valence-electron chi connectivity index (χ4n) is 3.29. The Morgan fingerprint density at radius 3 is 2.08 bits per heavy atom. The van der Waals surface area contributed by atoms with Crippen LogP contribution in [-0.4, -0.2) is 74.0 Å². The quantitative estimate of drug-likeness (QED) is 0.363. The SMILES string of the molecule is CCCC(C)(C)OCCCCN(C)CCC(C)(C)O[C@H](C)CN(C)CC. The first-order valence-electron chi connectivity index (χ1n) is 10.7. The van der Waals surface area contributed by atoms with Gasteiger partial charge in [-0.3, -0.25) is 0 Å². The molecule has 26 heavy (non-hydrogen) atoms. The molecule has 0 aliphatic rings. The molecule has 0 aromatic heterocycles. The molecule has 0 fully saturated rings. The second-order valence-electron chi connectivity index (χ2n) is 9.16. The summed E-state index contributed by atoms with van der Waals surface area (Å²) in [5, 5.41) is 0. The van der Waals surface area contributed by atoms with Gasteiger partial charge in [-0.05, 0) is 87.5 Å². The van der Waals surface area contributed by atoms with E-state index in [1.165, 1.54) is 12.8 Å². The maximum atomic E-state index is 6.28. The van der Waals surface area contributed by atoms with Gasteiger partial charge in [0, 0.05) is 19.7 Å². The number of likely N-dealkylation sites (N-methyl/N-ethyl adjacent to an activating group) is 1. The van der Waals surface area contributed by atoms with Crippen molar-refractivity contribution in [3.8, 4) is 0 Å². The fourth-order valence-corrected chi connectivity index (χ4v) is 3.29. The van der Waals surface area contributed by atoms with Crippen LogP contribution >= 0.6 is 0 Å². The smallest absolute Gasteiger partial charge is 0.0681 e. The first-order valence-corrected chi connectivity index (χ1v) is 10.7. The lowest BCUT2D eigenvalue weighted by atomic mass is 10.0. The van der Waals surface area contributed by atoms with Crippen molar-refractivity contribution in [1.82, 2.24) is 9.80 Å². The third kappa shape index (κ3) is 14.0. The average molecular weight is 373 g/mol. The highest BCUT2D eigenvalue weighted by Gasteiger charge is 2.22. The van der Waals surface area contributed by atoms with Crippen LogP contribution in [0.3, 0.4) is 0 Å². The number of nitrogens with zero attached hydrogens (tertiary/aromatic N) is 2. The van der Waals surface area contributed by atoms with Gasteiger partial charge in [-0.25, -0.2) is 0 Å². The summed E-state index contributed by atoms with van der Waals surface area (Å²) in [6.45, 7) is 20.5. The first kappa shape index (κ1) is 25.8. The van der Waals surface area contributed by atoms with Crippen LogP contribution < -0.4 is 0 Å². The molecule has 158 valence electrons. The highest BCUT2D eigenvalue weighted by molar-refractivity contribution is 4.73. The molecule has 0 aromatic carbocycles. The van der Waals surface area contributed by atoms with Gasteiger partial charge in [0.05, 0.1) is 17.3 Å². The van der Waals surface area contributed by atoms with E-state index in [9.17, 15) is 0 Å². The molecule has 0 aromatic rings. The molecule has 4 nitrogen and oxygen atoms in total. The van der Waals surface area contributed by atoms with Gasteiger partial charge in [0.25, 0.3) is 0 Å². The Bertz CT molecular complexity index is 345. The molecule has 1 atom stereocenters. The van der Waals surface area contributed by atoms with Gasteiger partial charge in [0.15, 0.2) is 0 Å². The summed E-state index contributed by atoms with van der Waals surface area (Å²) in [6, 6.07) is 0. The molecule has 0 N–H and O–H groups in total. The molecule has 0 bridgehead atoms. The van der Waals surface area contributed by atoms with Crippen molar-refractivity contribution in [1.29, 1.82) is 0 Å². The highest BCUT2D eigenvalue weighted by atomic mass is 16.5. The summed E-state index contributed by atoms with van der Waals surface area (Å²) in [5.41, 5.74) is -0.0416. The minimum absolute atomic E-state index is 0.0323. The summed E-state index contributed by atoms with van der Waals surface area (Å²) in [6.07, 6.45) is 5.97. The Hall–Kier alpha value is -0.160. The van der Waals surface area contributed by atoms with Crippen molar-refractivity contribution in [3.63, 3.8) is 0 Å². The van der Waals surface area contributed by atoms with Crippen molar-refractivity contribution >= 4 is 0 Å². The Labute approximate surface area is 164 Å². The largest absolute Gasteiger partial charge is 0.376 e. The van der Waals surface area contributed by atoms with Crippen LogP contribution in [0.5, 0.6) is 0 Å². The lowest BCUT2D eigenvalue weighted by Crippen LogP contribution is -2.38. The zero-order valence-electron chi connectivity index (χ0n) is 19.4. The van der Waals surface area contributed by atoms with Crippen molar-refractivity contribution in [2.45, 2.75) is 97.9 Å². The van der Waals surface area contributed by atoms with Crippen LogP contribution in [0.15, 0.2) is 0 Å². The van der Waals surface area contributed by atoms with Gasteiger partial charge < -0.3 is 19.3 Å². The predicted molar refractivity (Wildman–Crippen MR) is 114 cm³/mol. The number of rotatable bonds is 16. The summed E-state index contributed by atoms with van der Waals surface area (Å²) >= 11 is 0. The Morgan fingerprint density at radius 2 is 1.50 bits per heavy atom. The van der Waals surface area contributed by atoms with E-state index in [4.69, 9.17) is 9.47 Å². The van der Waals surface area contributed by atoms with Gasteiger partial charge in [0.2, 0.25) is 0 Å². The minimum atomic E-state index is -0.0739. The second-order valence-corrected chi connectivity index (χ2v) is 9.16. The van der Waals surface area contributed by atoms with Gasteiger partial charge in [0.1, 0.15) is 0 Å². The molecule has 0 saturated carbocycles. The predicted octanol–water partition coefficient (Wildman–Crippen LogP) is 4.82. The molecule has 0 amide bonds. The van der Waals surface area contributed by atoms with Crippen LogP contribution in [0.25, 0.3) is 0 Å². The van der Waals surface area contributed by atoms with Crippen LogP contribution in [0.1, 0.15) is 80.6 Å². The minimum Gasteiger partial charge on any atom is -0.376 e. The molecule has 0 unspecified atom stereocenters. The van der Waals surface area contributed by atoms with E-state index >= 15 is 0 Å². The second kappa shape index (κ2) is 13.1. The van der Waals surface area contributed by atoms with E-state index in [1.54, 1.807) is 0 Å². The maximum absolute atomic E-state index is 6.28. The molecule has 4 heteroatoms. The average Bonchev–Trinajstić information content (AvgIpc) is 2.51. The third-order valence-corrected chi connectivity index (χ3v) is 5.00. The molecule has 0 aliphatic carbocycles. The molecule has 0 saturated heterocycles. The van der Waals surface area contributed by atoms with E-state index in [-0.39, 0.29) is 17.3 Å². The van der Waals surface area contributed by atoms with Crippen molar-refractivity contribution < 1.29 is 9.47 Å². The van der Waals surface area contributed by atoms with E-state index < -0.39 is 0 Å². The Kier molecular flexibility index (Phi) is 13.0. The monoisotopic (exact) mass is 372 g/mol. The zero-order valence-corrected chi connectivity index (χ0v) is 19.4. The maximum Gasteiger partial charge on any atom is 0.0681 e. The lowest BCUT2D eigenvalue weighted by molar-refractivity contribution is -0.0789. The normalized spacial score (nSPS) is 14.4. The number of ether oxygens (including phenoxy) is 2. The summed E-state index contributed by atoms with van der Waals surface area (Å²) in [7, 11) is 4.36. The number of unbranched alkanes of at least 4 members (excludes halogenated alkanes) is 1. The van der Waals surface area contributed by atoms with Gasteiger partial charge in [-0.2, -0.15) is 0 Å². The number of hydrogen-bond donors (Lipinski definition) is 0. The highest BCUT2D eigenvalue weighted by Crippen LogP contribution is 2.19.